The molecule has 1 radical (unpaired) electrons. The second-order valence-electron chi connectivity index (χ2n) is 14.4. The molecule has 1 fully saturated rings. The number of benzene rings is 2. The van der Waals surface area contributed by atoms with Crippen LogP contribution in [0.1, 0.15) is 79.7 Å². The average Bonchev–Trinajstić information content (AvgIpc) is 3.50. The van der Waals surface area contributed by atoms with E-state index < -0.39 is 20.3 Å². The molecule has 1 aliphatic carbocycles. The predicted octanol–water partition coefficient (Wildman–Crippen LogP) is 11.6. The molecule has 0 spiro atoms. The van der Waals surface area contributed by atoms with E-state index in [4.69, 9.17) is 9.10 Å². The number of rotatable bonds is 7. The van der Waals surface area contributed by atoms with Gasteiger partial charge in [0.25, 0.3) is 0 Å². The summed E-state index contributed by atoms with van der Waals surface area (Å²) in [5.74, 6) is -0.245. The number of nitrogens with zero attached hydrogens (tertiary/aromatic N) is 3. The van der Waals surface area contributed by atoms with Gasteiger partial charge in [-0.1, -0.05) is 94.4 Å². The van der Waals surface area contributed by atoms with Crippen LogP contribution in [0.5, 0.6) is 0 Å². The van der Waals surface area contributed by atoms with E-state index in [9.17, 15) is 0 Å². The molecular formula is C43H49IrN3SSi-2. The first-order valence-corrected chi connectivity index (χ1v) is 21.6. The number of thiophene rings is 1. The summed E-state index contributed by atoms with van der Waals surface area (Å²) in [6, 6.07) is 28.7. The van der Waals surface area contributed by atoms with Gasteiger partial charge in [-0.2, -0.15) is 11.3 Å². The molecule has 257 valence electrons. The molecule has 0 aliphatic heterocycles. The monoisotopic (exact) mass is 863 g/mol. The van der Waals surface area contributed by atoms with E-state index in [2.05, 4.69) is 72.9 Å². The van der Waals surface area contributed by atoms with Gasteiger partial charge < -0.3 is 9.97 Å². The van der Waals surface area contributed by atoms with Crippen molar-refractivity contribution in [1.82, 2.24) is 15.0 Å². The summed E-state index contributed by atoms with van der Waals surface area (Å²) in [5.41, 5.74) is 6.52. The summed E-state index contributed by atoms with van der Waals surface area (Å²) >= 11 is 1.71. The van der Waals surface area contributed by atoms with Crippen LogP contribution in [0.15, 0.2) is 79.1 Å². The van der Waals surface area contributed by atoms with Crippen LogP contribution in [0.25, 0.3) is 42.8 Å². The molecule has 3 nitrogen and oxygen atoms in total. The van der Waals surface area contributed by atoms with Gasteiger partial charge in [-0.15, -0.1) is 59.7 Å². The van der Waals surface area contributed by atoms with Crippen molar-refractivity contribution in [3.8, 4) is 22.5 Å². The second kappa shape index (κ2) is 16.3. The van der Waals surface area contributed by atoms with Crippen LogP contribution in [0.4, 0.5) is 0 Å². The van der Waals surface area contributed by atoms with Crippen molar-refractivity contribution < 1.29 is 24.2 Å². The van der Waals surface area contributed by atoms with Gasteiger partial charge in [0.15, 0.2) is 0 Å². The van der Waals surface area contributed by atoms with E-state index >= 15 is 0 Å². The van der Waals surface area contributed by atoms with Crippen LogP contribution in [-0.2, 0) is 26.5 Å². The quantitative estimate of drug-likeness (QED) is 0.119. The Hall–Kier alpha value is -3.02. The molecule has 6 aromatic rings. The Labute approximate surface area is 316 Å². The molecule has 7 rings (SSSR count). The Kier molecular flexibility index (Phi) is 11.0. The van der Waals surface area contributed by atoms with E-state index in [0.29, 0.717) is 5.92 Å². The van der Waals surface area contributed by atoms with Gasteiger partial charge in [0.1, 0.15) is 4.83 Å². The van der Waals surface area contributed by atoms with Crippen LogP contribution < -0.4 is 5.19 Å². The minimum atomic E-state index is -1.67. The smallest absolute Gasteiger partial charge is 0.113 e. The van der Waals surface area contributed by atoms with Gasteiger partial charge in [-0.05, 0) is 82.7 Å². The average molecular weight is 863 g/mol. The third kappa shape index (κ3) is 8.83. The van der Waals surface area contributed by atoms with Gasteiger partial charge in [0.2, 0.25) is 0 Å². The molecule has 0 amide bonds. The largest absolute Gasteiger partial charge is 0.305 e. The molecule has 4 aromatic heterocycles. The van der Waals surface area contributed by atoms with E-state index in [0.717, 1.165) is 62.2 Å². The van der Waals surface area contributed by atoms with Crippen molar-refractivity contribution in [2.75, 3.05) is 0 Å². The van der Waals surface area contributed by atoms with Crippen LogP contribution in [0.3, 0.4) is 0 Å². The van der Waals surface area contributed by atoms with Gasteiger partial charge in [-0.3, -0.25) is 0 Å². The molecule has 1 aliphatic rings. The fraction of sp³-hybridized carbons (Fsp3) is 0.372. The molecule has 0 saturated heterocycles. The van der Waals surface area contributed by atoms with Crippen molar-refractivity contribution >= 4 is 44.9 Å². The summed E-state index contributed by atoms with van der Waals surface area (Å²) < 4.78 is 27.4. The third-order valence-corrected chi connectivity index (χ3v) is 12.4. The van der Waals surface area contributed by atoms with Crippen molar-refractivity contribution in [3.63, 3.8) is 0 Å². The molecule has 6 heteroatoms. The molecule has 0 N–H and O–H groups in total. The Bertz CT molecular complexity index is 2140. The second-order valence-corrected chi connectivity index (χ2v) is 20.4. The molecular weight excluding hydrogens is 811 g/mol. The first-order chi connectivity index (χ1) is 24.2. The maximum Gasteiger partial charge on any atom is 0.113 e. The zero-order valence-electron chi connectivity index (χ0n) is 32.8. The van der Waals surface area contributed by atoms with Crippen LogP contribution in [-0.4, -0.2) is 23.0 Å². The minimum absolute atomic E-state index is 0. The van der Waals surface area contributed by atoms with E-state index in [-0.39, 0.29) is 26.0 Å². The zero-order valence-corrected chi connectivity index (χ0v) is 34.0. The molecule has 4 heterocycles. The number of aryl methyl sites for hydroxylation is 1. The van der Waals surface area contributed by atoms with Crippen molar-refractivity contribution in [1.29, 1.82) is 0 Å². The van der Waals surface area contributed by atoms with Crippen molar-refractivity contribution in [2.24, 2.45) is 11.8 Å². The number of hydrogen-bond donors (Lipinski definition) is 0. The molecule has 1 atom stereocenters. The summed E-state index contributed by atoms with van der Waals surface area (Å²) in [4.78, 5) is 15.0. The maximum absolute atomic E-state index is 9.15. The first-order valence-electron chi connectivity index (χ1n) is 18.8. The van der Waals surface area contributed by atoms with E-state index in [1.54, 1.807) is 11.3 Å². The SMILES string of the molecule is [2H]C(C)(c1ccnc(-c2[c-]ccc3c2sc2nc(C)ccc23)c1)C1CCCCC1.[2H]C([2H])(c1cc(-c2[c-]cccc2)ncc1[Si](C)(C)C)C(C)C.[Ir]. The van der Waals surface area contributed by atoms with Crippen molar-refractivity contribution in [3.05, 3.63) is 108 Å². The number of pyridine rings is 3. The van der Waals surface area contributed by atoms with Crippen LogP contribution in [0, 0.1) is 30.9 Å². The third-order valence-electron chi connectivity index (χ3n) is 9.27. The zero-order chi connectivity index (χ0) is 36.6. The normalized spacial score (nSPS) is 16.2. The standard InChI is InChI=1S/C25H25N2S.C18H24NSi.Ir/c1-16-11-12-21-20-9-6-10-22(24(20)28-25(21)27-16)23-15-19(13-14-26-23)17(2)18-7-4-3-5-8-18;1-14(2)11-16-12-17(15-9-7-6-8-10-15)19-13-18(16)20(3,4)5;/h6,9,11-15,17-18H,3-5,7-8H2,1-2H3;6-9,12-14H,11H2,1-5H3;/q2*-1;/i17D;11D2;. The Morgan fingerprint density at radius 1 is 0.918 bits per heavy atom. The van der Waals surface area contributed by atoms with Crippen LogP contribution >= 0.6 is 11.3 Å². The van der Waals surface area contributed by atoms with Gasteiger partial charge in [0.05, 0.1) is 8.07 Å². The van der Waals surface area contributed by atoms with Gasteiger partial charge in [0, 0.05) is 42.3 Å². The van der Waals surface area contributed by atoms with Crippen molar-refractivity contribution in [2.45, 2.75) is 91.7 Å². The Morgan fingerprint density at radius 2 is 1.71 bits per heavy atom. The fourth-order valence-corrected chi connectivity index (χ4v) is 9.30. The maximum atomic E-state index is 9.15. The van der Waals surface area contributed by atoms with Gasteiger partial charge in [-0.25, -0.2) is 4.98 Å². The fourth-order valence-electron chi connectivity index (χ4n) is 6.67. The molecule has 0 bridgehead atoms. The first kappa shape index (κ1) is 33.1. The van der Waals surface area contributed by atoms with Crippen LogP contribution in [0.2, 0.25) is 19.6 Å². The Morgan fingerprint density at radius 3 is 2.43 bits per heavy atom. The number of aromatic nitrogens is 3. The molecule has 1 unspecified atom stereocenters. The summed E-state index contributed by atoms with van der Waals surface area (Å²) in [7, 11) is -1.67. The Balaban J connectivity index is 0.000000205. The topological polar surface area (TPSA) is 38.7 Å². The predicted molar refractivity (Wildman–Crippen MR) is 209 cm³/mol. The van der Waals surface area contributed by atoms with E-state index in [1.165, 1.54) is 34.7 Å². The number of hydrogen-bond acceptors (Lipinski definition) is 4. The molecule has 2 aromatic carbocycles. The summed E-state index contributed by atoms with van der Waals surface area (Å²) in [6.45, 7) is 14.7. The minimum Gasteiger partial charge on any atom is -0.305 e. The summed E-state index contributed by atoms with van der Waals surface area (Å²) in [6.07, 6.45) is 8.51. The molecule has 49 heavy (non-hydrogen) atoms. The summed E-state index contributed by atoms with van der Waals surface area (Å²) in [5, 5.41) is 3.50. The van der Waals surface area contributed by atoms with E-state index in [1.807, 2.05) is 75.6 Å². The number of fused-ring (bicyclic) bond motifs is 3. The molecule has 1 saturated carbocycles. The van der Waals surface area contributed by atoms with Gasteiger partial charge >= 0.3 is 0 Å².